The Bertz CT molecular complexity index is 909. The van der Waals surface area contributed by atoms with Gasteiger partial charge >= 0.3 is 0 Å². The molecule has 0 atom stereocenters. The van der Waals surface area contributed by atoms with Gasteiger partial charge in [0, 0.05) is 18.3 Å². The first kappa shape index (κ1) is 20.2. The highest BCUT2D eigenvalue weighted by atomic mass is 32.2. The molecule has 0 spiro atoms. The topological polar surface area (TPSA) is 105 Å². The number of hydrogen-bond acceptors (Lipinski definition) is 5. The summed E-state index contributed by atoms with van der Waals surface area (Å²) in [5.41, 5.74) is 1.43. The summed E-state index contributed by atoms with van der Waals surface area (Å²) in [5.74, 6) is -0.116. The first-order valence-electron chi connectivity index (χ1n) is 7.98. The van der Waals surface area contributed by atoms with E-state index < -0.39 is 15.9 Å². The fourth-order valence-electron chi connectivity index (χ4n) is 2.32. The molecule has 2 N–H and O–H groups in total. The lowest BCUT2D eigenvalue weighted by atomic mass is 10.2. The number of amides is 2. The van der Waals surface area contributed by atoms with Crippen molar-refractivity contribution in [2.75, 3.05) is 34.8 Å². The molecule has 0 aromatic heterocycles. The molecule has 0 bridgehead atoms. The Morgan fingerprint density at radius 1 is 0.963 bits per heavy atom. The Kier molecular flexibility index (Phi) is 6.40. The maximum absolute atomic E-state index is 12.3. The second-order valence-electron chi connectivity index (χ2n) is 5.77. The fraction of sp³-hybridized carbons (Fsp3) is 0.222. The van der Waals surface area contributed by atoms with Gasteiger partial charge in [0.2, 0.25) is 21.8 Å². The van der Waals surface area contributed by atoms with Crippen LogP contribution in [-0.4, -0.2) is 40.1 Å². The standard InChI is InChI=1S/C18H21N3O5S/c1-13(22)19-14-4-6-15(7-5-14)20-18(23)12-21(27(3,24)25)16-8-10-17(26-2)11-9-16/h4-11H,12H2,1-3H3,(H,19,22)(H,20,23). The number of hydrogen-bond donors (Lipinski definition) is 2. The molecule has 27 heavy (non-hydrogen) atoms. The van der Waals surface area contributed by atoms with E-state index in [-0.39, 0.29) is 12.5 Å². The number of nitrogens with zero attached hydrogens (tertiary/aromatic N) is 1. The molecular weight excluding hydrogens is 370 g/mol. The lowest BCUT2D eigenvalue weighted by molar-refractivity contribution is -0.115. The molecular formula is C18H21N3O5S. The Morgan fingerprint density at radius 2 is 1.48 bits per heavy atom. The van der Waals surface area contributed by atoms with Crippen molar-refractivity contribution in [1.82, 2.24) is 0 Å². The Balaban J connectivity index is 2.10. The van der Waals surface area contributed by atoms with E-state index in [1.807, 2.05) is 0 Å². The zero-order chi connectivity index (χ0) is 20.0. The number of anilines is 3. The molecule has 9 heteroatoms. The zero-order valence-electron chi connectivity index (χ0n) is 15.2. The van der Waals surface area contributed by atoms with Crippen LogP contribution >= 0.6 is 0 Å². The number of sulfonamides is 1. The smallest absolute Gasteiger partial charge is 0.245 e. The van der Waals surface area contributed by atoms with Crippen LogP contribution in [0.3, 0.4) is 0 Å². The fourth-order valence-corrected chi connectivity index (χ4v) is 3.18. The molecule has 2 rings (SSSR count). The molecule has 8 nitrogen and oxygen atoms in total. The van der Waals surface area contributed by atoms with Crippen LogP contribution in [0.4, 0.5) is 17.1 Å². The predicted molar refractivity (Wildman–Crippen MR) is 105 cm³/mol. The van der Waals surface area contributed by atoms with Crippen molar-refractivity contribution in [3.8, 4) is 5.75 Å². The molecule has 0 aliphatic rings. The van der Waals surface area contributed by atoms with Crippen LogP contribution in [0.1, 0.15) is 6.92 Å². The summed E-state index contributed by atoms with van der Waals surface area (Å²) >= 11 is 0. The highest BCUT2D eigenvalue weighted by Crippen LogP contribution is 2.21. The molecule has 0 unspecified atom stereocenters. The number of ether oxygens (including phenoxy) is 1. The molecule has 0 aliphatic carbocycles. The summed E-state index contributed by atoms with van der Waals surface area (Å²) in [5, 5.41) is 5.25. The molecule has 0 aliphatic heterocycles. The highest BCUT2D eigenvalue weighted by molar-refractivity contribution is 7.92. The van der Waals surface area contributed by atoms with E-state index >= 15 is 0 Å². The van der Waals surface area contributed by atoms with Crippen LogP contribution in [0, 0.1) is 0 Å². The minimum Gasteiger partial charge on any atom is -0.497 e. The Hall–Kier alpha value is -3.07. The van der Waals surface area contributed by atoms with Gasteiger partial charge in [-0.25, -0.2) is 8.42 Å². The van der Waals surface area contributed by atoms with Gasteiger partial charge in [0.1, 0.15) is 12.3 Å². The average molecular weight is 391 g/mol. The van der Waals surface area contributed by atoms with Crippen molar-refractivity contribution in [3.63, 3.8) is 0 Å². The van der Waals surface area contributed by atoms with Gasteiger partial charge in [0.15, 0.2) is 0 Å². The second kappa shape index (κ2) is 8.54. The molecule has 0 fully saturated rings. The first-order chi connectivity index (χ1) is 12.7. The third-order valence-corrected chi connectivity index (χ3v) is 4.68. The summed E-state index contributed by atoms with van der Waals surface area (Å²) < 4.78 is 30.3. The Morgan fingerprint density at radius 3 is 1.93 bits per heavy atom. The van der Waals surface area contributed by atoms with Gasteiger partial charge in [-0.05, 0) is 48.5 Å². The summed E-state index contributed by atoms with van der Waals surface area (Å²) in [6.07, 6.45) is 1.03. The molecule has 0 heterocycles. The van der Waals surface area contributed by atoms with Crippen LogP contribution < -0.4 is 19.7 Å². The van der Waals surface area contributed by atoms with Gasteiger partial charge in [0.05, 0.1) is 19.1 Å². The van der Waals surface area contributed by atoms with Gasteiger partial charge in [-0.3, -0.25) is 13.9 Å². The van der Waals surface area contributed by atoms with Crippen molar-refractivity contribution < 1.29 is 22.7 Å². The average Bonchev–Trinajstić information content (AvgIpc) is 2.60. The minimum atomic E-state index is -3.66. The summed E-state index contributed by atoms with van der Waals surface area (Å²) in [6, 6.07) is 12.9. The predicted octanol–water partition coefficient (Wildman–Crippen LogP) is 2.06. The van der Waals surface area contributed by atoms with Crippen molar-refractivity contribution >= 4 is 38.9 Å². The molecule has 2 amide bonds. The summed E-state index contributed by atoms with van der Waals surface area (Å²) in [7, 11) is -2.15. The molecule has 0 saturated carbocycles. The quantitative estimate of drug-likeness (QED) is 0.752. The van der Waals surface area contributed by atoms with E-state index in [9.17, 15) is 18.0 Å². The van der Waals surface area contributed by atoms with E-state index in [4.69, 9.17) is 4.74 Å². The lowest BCUT2D eigenvalue weighted by Crippen LogP contribution is -2.37. The number of rotatable bonds is 7. The van der Waals surface area contributed by atoms with E-state index in [1.165, 1.54) is 14.0 Å². The van der Waals surface area contributed by atoms with Gasteiger partial charge in [-0.2, -0.15) is 0 Å². The van der Waals surface area contributed by atoms with Crippen molar-refractivity contribution in [1.29, 1.82) is 0 Å². The SMILES string of the molecule is COc1ccc(N(CC(=O)Nc2ccc(NC(C)=O)cc2)S(C)(=O)=O)cc1. The van der Waals surface area contributed by atoms with Crippen LogP contribution in [-0.2, 0) is 19.6 Å². The van der Waals surface area contributed by atoms with Crippen LogP contribution in [0.2, 0.25) is 0 Å². The number of carbonyl (C=O) groups is 2. The van der Waals surface area contributed by atoms with Gasteiger partial charge < -0.3 is 15.4 Å². The van der Waals surface area contributed by atoms with E-state index in [2.05, 4.69) is 10.6 Å². The summed E-state index contributed by atoms with van der Waals surface area (Å²) in [4.78, 5) is 23.3. The van der Waals surface area contributed by atoms with E-state index in [1.54, 1.807) is 48.5 Å². The van der Waals surface area contributed by atoms with E-state index in [0.717, 1.165) is 10.6 Å². The van der Waals surface area contributed by atoms with Gasteiger partial charge in [-0.1, -0.05) is 0 Å². The maximum Gasteiger partial charge on any atom is 0.245 e. The van der Waals surface area contributed by atoms with Gasteiger partial charge in [-0.15, -0.1) is 0 Å². The van der Waals surface area contributed by atoms with Crippen molar-refractivity contribution in [2.45, 2.75) is 6.92 Å². The summed E-state index contributed by atoms with van der Waals surface area (Å²) in [6.45, 7) is 1.02. The van der Waals surface area contributed by atoms with E-state index in [0.29, 0.717) is 22.8 Å². The van der Waals surface area contributed by atoms with Gasteiger partial charge in [0.25, 0.3) is 0 Å². The maximum atomic E-state index is 12.3. The second-order valence-corrected chi connectivity index (χ2v) is 7.68. The molecule has 0 saturated heterocycles. The van der Waals surface area contributed by atoms with Crippen LogP contribution in [0.5, 0.6) is 5.75 Å². The number of nitrogens with one attached hydrogen (secondary N) is 2. The molecule has 0 radical (unpaired) electrons. The first-order valence-corrected chi connectivity index (χ1v) is 9.83. The molecule has 144 valence electrons. The van der Waals surface area contributed by atoms with Crippen molar-refractivity contribution in [2.24, 2.45) is 0 Å². The minimum absolute atomic E-state index is 0.199. The van der Waals surface area contributed by atoms with Crippen molar-refractivity contribution in [3.05, 3.63) is 48.5 Å². The van der Waals surface area contributed by atoms with Crippen LogP contribution in [0.25, 0.3) is 0 Å². The highest BCUT2D eigenvalue weighted by Gasteiger charge is 2.21. The lowest BCUT2D eigenvalue weighted by Gasteiger charge is -2.22. The zero-order valence-corrected chi connectivity index (χ0v) is 16.0. The monoisotopic (exact) mass is 391 g/mol. The number of benzene rings is 2. The van der Waals surface area contributed by atoms with Crippen LogP contribution in [0.15, 0.2) is 48.5 Å². The Labute approximate surface area is 158 Å². The normalized spacial score (nSPS) is 10.8. The number of methoxy groups -OCH3 is 1. The largest absolute Gasteiger partial charge is 0.497 e. The molecule has 2 aromatic rings. The molecule has 2 aromatic carbocycles. The third-order valence-electron chi connectivity index (χ3n) is 3.54. The number of carbonyl (C=O) groups excluding carboxylic acids is 2. The third kappa shape index (κ3) is 6.00.